The van der Waals surface area contributed by atoms with Gasteiger partial charge in [-0.2, -0.15) is 0 Å². The molecule has 112 valence electrons. The first kappa shape index (κ1) is 15.1. The van der Waals surface area contributed by atoms with Crippen molar-refractivity contribution in [1.82, 2.24) is 4.90 Å². The predicted octanol–water partition coefficient (Wildman–Crippen LogP) is 1.59. The Labute approximate surface area is 121 Å². The summed E-state index contributed by atoms with van der Waals surface area (Å²) in [5, 5.41) is 0. The number of piperazine rings is 1. The minimum absolute atomic E-state index is 0.160. The largest absolute Gasteiger partial charge is 0.369 e. The number of sulfonamides is 1. The Morgan fingerprint density at radius 2 is 1.70 bits per heavy atom. The van der Waals surface area contributed by atoms with E-state index in [1.165, 1.54) is 0 Å². The average molecular weight is 297 g/mol. The van der Waals surface area contributed by atoms with Gasteiger partial charge in [0.25, 0.3) is 0 Å². The third-order valence-corrected chi connectivity index (χ3v) is 4.97. The molecule has 6 heteroatoms. The van der Waals surface area contributed by atoms with Crippen molar-refractivity contribution in [3.63, 3.8) is 0 Å². The number of likely N-dealkylation sites (N-methyl/N-ethyl adjacent to an activating group) is 1. The third kappa shape index (κ3) is 4.11. The summed E-state index contributed by atoms with van der Waals surface area (Å²) in [7, 11) is -1.07. The Balaban J connectivity index is 1.99. The molecule has 0 atom stereocenters. The Morgan fingerprint density at radius 1 is 1.10 bits per heavy atom. The van der Waals surface area contributed by atoms with Crippen LogP contribution in [0.1, 0.15) is 13.3 Å². The van der Waals surface area contributed by atoms with Crippen LogP contribution in [0.3, 0.4) is 0 Å². The lowest BCUT2D eigenvalue weighted by Gasteiger charge is -2.34. The maximum absolute atomic E-state index is 11.7. The highest BCUT2D eigenvalue weighted by Gasteiger charge is 2.14. The second-order valence-electron chi connectivity index (χ2n) is 5.26. The average Bonchev–Trinajstić information content (AvgIpc) is 2.40. The van der Waals surface area contributed by atoms with E-state index in [0.29, 0.717) is 12.1 Å². The molecule has 5 nitrogen and oxygen atoms in total. The van der Waals surface area contributed by atoms with E-state index in [1.807, 2.05) is 31.2 Å². The van der Waals surface area contributed by atoms with Crippen LogP contribution in [-0.4, -0.2) is 52.3 Å². The molecule has 0 amide bonds. The highest BCUT2D eigenvalue weighted by molar-refractivity contribution is 7.92. The lowest BCUT2D eigenvalue weighted by molar-refractivity contribution is 0.313. The first-order chi connectivity index (χ1) is 9.50. The molecule has 1 fully saturated rings. The van der Waals surface area contributed by atoms with Crippen LogP contribution in [0, 0.1) is 0 Å². The molecule has 2 rings (SSSR count). The van der Waals surface area contributed by atoms with Crippen LogP contribution in [0.15, 0.2) is 24.3 Å². The van der Waals surface area contributed by atoms with Gasteiger partial charge in [0.1, 0.15) is 0 Å². The van der Waals surface area contributed by atoms with Crippen LogP contribution in [0.25, 0.3) is 0 Å². The Morgan fingerprint density at radius 3 is 2.25 bits per heavy atom. The minimum Gasteiger partial charge on any atom is -0.369 e. The molecule has 1 aliphatic heterocycles. The predicted molar refractivity (Wildman–Crippen MR) is 83.9 cm³/mol. The Hall–Kier alpha value is -1.27. The zero-order chi connectivity index (χ0) is 14.6. The number of anilines is 2. The lowest BCUT2D eigenvalue weighted by Crippen LogP contribution is -2.44. The van der Waals surface area contributed by atoms with Crippen LogP contribution in [0.2, 0.25) is 0 Å². The molecule has 1 aliphatic rings. The summed E-state index contributed by atoms with van der Waals surface area (Å²) in [6.07, 6.45) is 0.620. The molecule has 0 spiro atoms. The monoisotopic (exact) mass is 297 g/mol. The second-order valence-corrected chi connectivity index (χ2v) is 7.10. The SMILES string of the molecule is CCCS(=O)(=O)Nc1ccc(N2CCN(C)CC2)cc1. The quantitative estimate of drug-likeness (QED) is 0.897. The van der Waals surface area contributed by atoms with Gasteiger partial charge in [0.15, 0.2) is 0 Å². The summed E-state index contributed by atoms with van der Waals surface area (Å²) in [6, 6.07) is 7.63. The zero-order valence-electron chi connectivity index (χ0n) is 12.2. The van der Waals surface area contributed by atoms with Crippen LogP contribution in [0.5, 0.6) is 0 Å². The zero-order valence-corrected chi connectivity index (χ0v) is 13.0. The molecule has 0 bridgehead atoms. The molecular weight excluding hydrogens is 274 g/mol. The molecule has 0 aromatic heterocycles. The molecule has 0 unspecified atom stereocenters. The number of rotatable bonds is 5. The fourth-order valence-corrected chi connectivity index (χ4v) is 3.44. The normalized spacial score (nSPS) is 17.2. The third-order valence-electron chi connectivity index (χ3n) is 3.48. The summed E-state index contributed by atoms with van der Waals surface area (Å²) >= 11 is 0. The van der Waals surface area contributed by atoms with Crippen LogP contribution >= 0.6 is 0 Å². The standard InChI is InChI=1S/C14H23N3O2S/c1-3-12-20(18,19)15-13-4-6-14(7-5-13)17-10-8-16(2)9-11-17/h4-7,15H,3,8-12H2,1-2H3. The topological polar surface area (TPSA) is 52.7 Å². The van der Waals surface area contributed by atoms with Crippen molar-refractivity contribution in [3.8, 4) is 0 Å². The first-order valence-corrected chi connectivity index (χ1v) is 8.69. The van der Waals surface area contributed by atoms with Crippen molar-refractivity contribution in [2.24, 2.45) is 0 Å². The summed E-state index contributed by atoms with van der Waals surface area (Å²) in [5.41, 5.74) is 1.79. The lowest BCUT2D eigenvalue weighted by atomic mass is 10.2. The van der Waals surface area contributed by atoms with Gasteiger partial charge < -0.3 is 9.80 Å². The molecule has 1 aromatic carbocycles. The van der Waals surface area contributed by atoms with Gasteiger partial charge in [-0.25, -0.2) is 8.42 Å². The van der Waals surface area contributed by atoms with Crippen molar-refractivity contribution in [1.29, 1.82) is 0 Å². The van der Waals surface area contributed by atoms with Crippen LogP contribution in [0.4, 0.5) is 11.4 Å². The Kier molecular flexibility index (Phi) is 4.88. The van der Waals surface area contributed by atoms with Crippen molar-refractivity contribution in [3.05, 3.63) is 24.3 Å². The Bertz CT molecular complexity index is 520. The van der Waals surface area contributed by atoms with Gasteiger partial charge in [0, 0.05) is 37.6 Å². The van der Waals surface area contributed by atoms with Gasteiger partial charge in [-0.15, -0.1) is 0 Å². The molecule has 1 aromatic rings. The molecule has 0 radical (unpaired) electrons. The van der Waals surface area contributed by atoms with E-state index in [4.69, 9.17) is 0 Å². The van der Waals surface area contributed by atoms with E-state index in [0.717, 1.165) is 31.9 Å². The van der Waals surface area contributed by atoms with E-state index >= 15 is 0 Å². The summed E-state index contributed by atoms with van der Waals surface area (Å²) < 4.78 is 26.0. The van der Waals surface area contributed by atoms with Crippen molar-refractivity contribution in [2.45, 2.75) is 13.3 Å². The maximum Gasteiger partial charge on any atom is 0.232 e. The minimum atomic E-state index is -3.20. The van der Waals surface area contributed by atoms with Gasteiger partial charge in [-0.1, -0.05) is 6.92 Å². The number of nitrogens with one attached hydrogen (secondary N) is 1. The fraction of sp³-hybridized carbons (Fsp3) is 0.571. The smallest absolute Gasteiger partial charge is 0.232 e. The van der Waals surface area contributed by atoms with Gasteiger partial charge in [0.05, 0.1) is 5.75 Å². The van der Waals surface area contributed by atoms with Gasteiger partial charge in [-0.05, 0) is 37.7 Å². The van der Waals surface area contributed by atoms with Gasteiger partial charge in [0.2, 0.25) is 10.0 Å². The molecule has 0 saturated carbocycles. The van der Waals surface area contributed by atoms with E-state index < -0.39 is 10.0 Å². The first-order valence-electron chi connectivity index (χ1n) is 7.04. The van der Waals surface area contributed by atoms with E-state index in [2.05, 4.69) is 21.6 Å². The molecule has 20 heavy (non-hydrogen) atoms. The molecule has 0 aliphatic carbocycles. The summed E-state index contributed by atoms with van der Waals surface area (Å²) in [4.78, 5) is 4.63. The van der Waals surface area contributed by atoms with Crippen LogP contribution < -0.4 is 9.62 Å². The molecule has 1 saturated heterocycles. The maximum atomic E-state index is 11.7. The highest BCUT2D eigenvalue weighted by atomic mass is 32.2. The number of hydrogen-bond donors (Lipinski definition) is 1. The van der Waals surface area contributed by atoms with E-state index in [1.54, 1.807) is 0 Å². The van der Waals surface area contributed by atoms with Crippen LogP contribution in [-0.2, 0) is 10.0 Å². The number of nitrogens with zero attached hydrogens (tertiary/aromatic N) is 2. The summed E-state index contributed by atoms with van der Waals surface area (Å²) in [6.45, 7) is 6.00. The molecule has 1 N–H and O–H groups in total. The number of hydrogen-bond acceptors (Lipinski definition) is 4. The van der Waals surface area contributed by atoms with Gasteiger partial charge >= 0.3 is 0 Å². The van der Waals surface area contributed by atoms with Crippen molar-refractivity contribution < 1.29 is 8.42 Å². The molecular formula is C14H23N3O2S. The van der Waals surface area contributed by atoms with E-state index in [9.17, 15) is 8.42 Å². The highest BCUT2D eigenvalue weighted by Crippen LogP contribution is 2.20. The fourth-order valence-electron chi connectivity index (χ4n) is 2.30. The molecule has 1 heterocycles. The second kappa shape index (κ2) is 6.45. The number of benzene rings is 1. The van der Waals surface area contributed by atoms with Crippen molar-refractivity contribution >= 4 is 21.4 Å². The van der Waals surface area contributed by atoms with Crippen molar-refractivity contribution in [2.75, 3.05) is 48.6 Å². The van der Waals surface area contributed by atoms with Gasteiger partial charge in [-0.3, -0.25) is 4.72 Å². The van der Waals surface area contributed by atoms with E-state index in [-0.39, 0.29) is 5.75 Å². The summed E-state index contributed by atoms with van der Waals surface area (Å²) in [5.74, 6) is 0.160.